The zero-order valence-electron chi connectivity index (χ0n) is 17.9. The maximum Gasteiger partial charge on any atom is 0.260 e. The lowest BCUT2D eigenvalue weighted by molar-refractivity contribution is -0.129. The number of hydrogen-bond donors (Lipinski definition) is 1. The Bertz CT molecular complexity index is 1290. The van der Waals surface area contributed by atoms with Crippen molar-refractivity contribution in [1.82, 2.24) is 14.9 Å². The van der Waals surface area contributed by atoms with Crippen molar-refractivity contribution in [2.24, 2.45) is 0 Å². The van der Waals surface area contributed by atoms with E-state index in [-0.39, 0.29) is 23.0 Å². The Morgan fingerprint density at radius 3 is 2.67 bits per heavy atom. The van der Waals surface area contributed by atoms with E-state index >= 15 is 0 Å². The molecule has 4 rings (SSSR count). The van der Waals surface area contributed by atoms with E-state index in [2.05, 4.69) is 9.97 Å². The summed E-state index contributed by atoms with van der Waals surface area (Å²) < 4.78 is 18.4. The molecule has 0 bridgehead atoms. The highest BCUT2D eigenvalue weighted by atomic mass is 32.2. The SMILES string of the molecule is COCCN(Cc1ccccc1)C(=O)CSc1nc2scc(-c3ccc(F)cc3)c2c(=O)[nH]1. The van der Waals surface area contributed by atoms with Gasteiger partial charge >= 0.3 is 0 Å². The Balaban J connectivity index is 1.49. The van der Waals surface area contributed by atoms with Crippen LogP contribution in [-0.2, 0) is 16.1 Å². The monoisotopic (exact) mass is 483 g/mol. The molecule has 1 N–H and O–H groups in total. The van der Waals surface area contributed by atoms with Crippen molar-refractivity contribution < 1.29 is 13.9 Å². The molecule has 4 aromatic rings. The van der Waals surface area contributed by atoms with Crippen LogP contribution < -0.4 is 5.56 Å². The van der Waals surface area contributed by atoms with Crippen molar-refractivity contribution >= 4 is 39.2 Å². The van der Waals surface area contributed by atoms with Crippen LogP contribution in [0.4, 0.5) is 4.39 Å². The largest absolute Gasteiger partial charge is 0.383 e. The number of aromatic nitrogens is 2. The van der Waals surface area contributed by atoms with Gasteiger partial charge < -0.3 is 14.6 Å². The third kappa shape index (κ3) is 5.68. The number of H-pyrrole nitrogens is 1. The van der Waals surface area contributed by atoms with Gasteiger partial charge in [0.1, 0.15) is 10.6 Å². The number of nitrogens with zero attached hydrogens (tertiary/aromatic N) is 2. The van der Waals surface area contributed by atoms with Gasteiger partial charge in [-0.25, -0.2) is 9.37 Å². The first-order chi connectivity index (χ1) is 16.0. The predicted octanol–water partition coefficient (Wildman–Crippen LogP) is 4.56. The van der Waals surface area contributed by atoms with Crippen LogP contribution in [0.5, 0.6) is 0 Å². The minimum atomic E-state index is -0.333. The van der Waals surface area contributed by atoms with E-state index in [0.29, 0.717) is 40.6 Å². The second-order valence-electron chi connectivity index (χ2n) is 7.29. The molecule has 0 fully saturated rings. The molecule has 0 aliphatic heterocycles. The topological polar surface area (TPSA) is 75.3 Å². The van der Waals surface area contributed by atoms with Gasteiger partial charge in [0.2, 0.25) is 5.91 Å². The fourth-order valence-corrected chi connectivity index (χ4v) is 5.13. The van der Waals surface area contributed by atoms with Crippen molar-refractivity contribution in [2.45, 2.75) is 11.7 Å². The predicted molar refractivity (Wildman–Crippen MR) is 130 cm³/mol. The molecule has 0 saturated heterocycles. The van der Waals surface area contributed by atoms with E-state index in [4.69, 9.17) is 4.74 Å². The first-order valence-electron chi connectivity index (χ1n) is 10.3. The van der Waals surface area contributed by atoms with Crippen LogP contribution in [0.3, 0.4) is 0 Å². The standard InChI is InChI=1S/C24H22FN3O3S2/c1-31-12-11-28(13-16-5-3-2-4-6-16)20(29)15-33-24-26-22(30)21-19(14-32-23(21)27-24)17-7-9-18(25)10-8-17/h2-10,14H,11-13,15H2,1H3,(H,26,27,30). The summed E-state index contributed by atoms with van der Waals surface area (Å²) in [6.45, 7) is 1.39. The summed E-state index contributed by atoms with van der Waals surface area (Å²) in [5.74, 6) is -0.261. The summed E-state index contributed by atoms with van der Waals surface area (Å²) >= 11 is 2.54. The number of thioether (sulfide) groups is 1. The number of rotatable bonds is 9. The van der Waals surface area contributed by atoms with E-state index in [9.17, 15) is 14.0 Å². The zero-order valence-corrected chi connectivity index (χ0v) is 19.5. The maximum atomic E-state index is 13.3. The van der Waals surface area contributed by atoms with Gasteiger partial charge in [-0.05, 0) is 23.3 Å². The maximum absolute atomic E-state index is 13.3. The molecule has 9 heteroatoms. The molecular weight excluding hydrogens is 461 g/mol. The molecule has 2 heterocycles. The second kappa shape index (κ2) is 10.7. The molecule has 2 aromatic heterocycles. The van der Waals surface area contributed by atoms with Crippen LogP contribution >= 0.6 is 23.1 Å². The van der Waals surface area contributed by atoms with Gasteiger partial charge in [-0.15, -0.1) is 11.3 Å². The summed E-state index contributed by atoms with van der Waals surface area (Å²) in [7, 11) is 1.60. The Morgan fingerprint density at radius 2 is 1.94 bits per heavy atom. The van der Waals surface area contributed by atoms with Gasteiger partial charge in [0, 0.05) is 31.1 Å². The molecule has 1 amide bonds. The minimum Gasteiger partial charge on any atom is -0.383 e. The second-order valence-corrected chi connectivity index (χ2v) is 9.11. The summed E-state index contributed by atoms with van der Waals surface area (Å²) in [6.07, 6.45) is 0. The summed E-state index contributed by atoms with van der Waals surface area (Å²) in [5, 5.41) is 2.69. The average Bonchev–Trinajstić information content (AvgIpc) is 3.26. The molecule has 170 valence electrons. The number of carbonyl (C=O) groups excluding carboxylic acids is 1. The fourth-order valence-electron chi connectivity index (χ4n) is 3.36. The third-order valence-corrected chi connectivity index (χ3v) is 6.77. The molecule has 2 aromatic carbocycles. The Labute approximate surface area is 198 Å². The van der Waals surface area contributed by atoms with E-state index < -0.39 is 0 Å². The highest BCUT2D eigenvalue weighted by molar-refractivity contribution is 7.99. The number of nitrogens with one attached hydrogen (secondary N) is 1. The smallest absolute Gasteiger partial charge is 0.260 e. The van der Waals surface area contributed by atoms with Crippen molar-refractivity contribution in [3.63, 3.8) is 0 Å². The lowest BCUT2D eigenvalue weighted by Gasteiger charge is -2.22. The van der Waals surface area contributed by atoms with Gasteiger partial charge in [0.25, 0.3) is 5.56 Å². The number of aromatic amines is 1. The van der Waals surface area contributed by atoms with Gasteiger partial charge in [0.05, 0.1) is 17.7 Å². The lowest BCUT2D eigenvalue weighted by atomic mass is 10.1. The van der Waals surface area contributed by atoms with Crippen LogP contribution in [0.1, 0.15) is 5.56 Å². The van der Waals surface area contributed by atoms with Gasteiger partial charge in [-0.3, -0.25) is 9.59 Å². The number of benzene rings is 2. The van der Waals surface area contributed by atoms with Crippen LogP contribution in [0.2, 0.25) is 0 Å². The Morgan fingerprint density at radius 1 is 1.18 bits per heavy atom. The highest BCUT2D eigenvalue weighted by Gasteiger charge is 2.17. The molecule has 0 aliphatic carbocycles. The quantitative estimate of drug-likeness (QED) is 0.279. The number of thiophene rings is 1. The van der Waals surface area contributed by atoms with Crippen LogP contribution in [0.25, 0.3) is 21.3 Å². The molecule has 0 radical (unpaired) electrons. The van der Waals surface area contributed by atoms with Gasteiger partial charge in [-0.1, -0.05) is 54.2 Å². The van der Waals surface area contributed by atoms with Crippen molar-refractivity contribution in [3.05, 3.63) is 81.7 Å². The highest BCUT2D eigenvalue weighted by Crippen LogP contribution is 2.31. The molecule has 0 unspecified atom stereocenters. The third-order valence-electron chi connectivity index (χ3n) is 5.04. The van der Waals surface area contributed by atoms with Crippen molar-refractivity contribution in [3.8, 4) is 11.1 Å². The number of methoxy groups -OCH3 is 1. The van der Waals surface area contributed by atoms with Crippen LogP contribution in [0.15, 0.2) is 69.9 Å². The number of hydrogen-bond acceptors (Lipinski definition) is 6. The zero-order chi connectivity index (χ0) is 23.2. The number of carbonyl (C=O) groups is 1. The number of halogens is 1. The number of amides is 1. The summed E-state index contributed by atoms with van der Waals surface area (Å²) in [4.78, 5) is 35.3. The van der Waals surface area contributed by atoms with Crippen LogP contribution in [-0.4, -0.2) is 46.8 Å². The van der Waals surface area contributed by atoms with Gasteiger partial charge in [0.15, 0.2) is 5.16 Å². The molecular formula is C24H22FN3O3S2. The molecule has 0 spiro atoms. The molecule has 0 saturated carbocycles. The molecule has 0 atom stereocenters. The molecule has 6 nitrogen and oxygen atoms in total. The minimum absolute atomic E-state index is 0.0678. The molecule has 33 heavy (non-hydrogen) atoms. The van der Waals surface area contributed by atoms with E-state index in [1.807, 2.05) is 35.7 Å². The van der Waals surface area contributed by atoms with Crippen molar-refractivity contribution in [2.75, 3.05) is 26.0 Å². The number of fused-ring (bicyclic) bond motifs is 1. The summed E-state index contributed by atoms with van der Waals surface area (Å²) in [6, 6.07) is 15.8. The summed E-state index contributed by atoms with van der Waals surface area (Å²) in [5.41, 5.74) is 2.22. The lowest BCUT2D eigenvalue weighted by Crippen LogP contribution is -2.34. The first kappa shape index (κ1) is 23.2. The molecule has 0 aliphatic rings. The fraction of sp³-hybridized carbons (Fsp3) is 0.208. The van der Waals surface area contributed by atoms with Crippen LogP contribution in [0, 0.1) is 5.82 Å². The number of ether oxygens (including phenoxy) is 1. The Kier molecular flexibility index (Phi) is 7.54. The van der Waals surface area contributed by atoms with Crippen molar-refractivity contribution in [1.29, 1.82) is 0 Å². The normalized spacial score (nSPS) is 11.1. The first-order valence-corrected chi connectivity index (χ1v) is 12.1. The van der Waals surface area contributed by atoms with E-state index in [1.165, 1.54) is 35.2 Å². The average molecular weight is 484 g/mol. The Hall–Kier alpha value is -3.01. The van der Waals surface area contributed by atoms with Gasteiger partial charge in [-0.2, -0.15) is 0 Å². The van der Waals surface area contributed by atoms with E-state index in [0.717, 1.165) is 11.1 Å². The van der Waals surface area contributed by atoms with E-state index in [1.54, 1.807) is 24.1 Å².